The quantitative estimate of drug-likeness (QED) is 0.505. The molecule has 0 fully saturated rings. The van der Waals surface area contributed by atoms with Gasteiger partial charge in [0.15, 0.2) is 0 Å². The van der Waals surface area contributed by atoms with Crippen molar-refractivity contribution in [3.05, 3.63) is 34.4 Å². The van der Waals surface area contributed by atoms with Crippen molar-refractivity contribution in [1.29, 1.82) is 0 Å². The van der Waals surface area contributed by atoms with Crippen LogP contribution in [0.3, 0.4) is 0 Å². The van der Waals surface area contributed by atoms with Crippen molar-refractivity contribution >= 4 is 17.7 Å². The molecular formula is C11H16Li. The minimum atomic E-state index is 1.27. The first-order chi connectivity index (χ1) is 5.61. The first-order valence-corrected chi connectivity index (χ1v) is 4.58. The van der Waals surface area contributed by atoms with Gasteiger partial charge in [0.25, 0.3) is 0 Å². The third-order valence-electron chi connectivity index (χ3n) is 1.99. The Morgan fingerprint density at radius 3 is 1.50 bits per heavy atom. The fourth-order valence-electron chi connectivity index (χ4n) is 1.02. The number of hydrogen-bond donors (Lipinski definition) is 0. The summed E-state index contributed by atoms with van der Waals surface area (Å²) in [6, 6.07) is 5.52. The molecule has 1 aromatic carbocycles. The Balaban J connectivity index is 0.000000561. The number of aryl methyl sites for hydroxylation is 4. The fourth-order valence-corrected chi connectivity index (χ4v) is 1.02. The molecule has 0 atom stereocenters. The molecule has 0 aliphatic heterocycles. The molecule has 0 N–H and O–H groups in total. The number of rotatable bonds is 0. The fraction of sp³-hybridized carbons (Fsp3) is 0.455. The van der Waals surface area contributed by atoms with Crippen molar-refractivity contribution in [2.45, 2.75) is 33.3 Å². The van der Waals surface area contributed by atoms with E-state index >= 15 is 0 Å². The van der Waals surface area contributed by atoms with Crippen LogP contribution in [0.1, 0.15) is 22.3 Å². The second kappa shape index (κ2) is 5.46. The Morgan fingerprint density at radius 1 is 0.917 bits per heavy atom. The van der Waals surface area contributed by atoms with E-state index in [1.807, 2.05) is 23.3 Å². The Kier molecular flexibility index (Phi) is 5.38. The average molecular weight is 155 g/mol. The molecule has 0 aliphatic carbocycles. The maximum absolute atomic E-state index is 3.31. The number of benzene rings is 1. The van der Waals surface area contributed by atoms with E-state index in [-0.39, 0.29) is 0 Å². The zero-order valence-electron chi connectivity index (χ0n) is 9.08. The van der Waals surface area contributed by atoms with Gasteiger partial charge in [-0.1, -0.05) is 6.07 Å². The Labute approximate surface area is 85.6 Å². The normalized spacial score (nSPS) is 8.92. The van der Waals surface area contributed by atoms with E-state index < -0.39 is 0 Å². The Bertz CT molecular complexity index is 201. The van der Waals surface area contributed by atoms with E-state index in [2.05, 4.69) is 39.8 Å². The monoisotopic (exact) mass is 155 g/mol. The molecule has 0 saturated heterocycles. The topological polar surface area (TPSA) is 0 Å². The summed E-state index contributed by atoms with van der Waals surface area (Å²) in [7, 11) is 0. The first kappa shape index (κ1) is 11.8. The predicted octanol–water partition coefficient (Wildman–Crippen LogP) is 2.92. The zero-order valence-corrected chi connectivity index (χ0v) is 9.08. The first-order valence-electron chi connectivity index (χ1n) is 4.58. The summed E-state index contributed by atoms with van der Waals surface area (Å²) in [5.74, 6) is 0. The second-order valence-corrected chi connectivity index (χ2v) is 2.89. The molecular weight excluding hydrogens is 139 g/mol. The van der Waals surface area contributed by atoms with Gasteiger partial charge in [0.05, 0.1) is 0 Å². The third-order valence-corrected chi connectivity index (χ3v) is 1.99. The summed E-state index contributed by atoms with van der Waals surface area (Å²) in [6.45, 7) is 8.44. The van der Waals surface area contributed by atoms with Crippen LogP contribution in [0.5, 0.6) is 0 Å². The molecule has 0 spiro atoms. The third kappa shape index (κ3) is 3.05. The number of hydrogen-bond acceptors (Lipinski definition) is 0. The summed E-state index contributed by atoms with van der Waals surface area (Å²) in [4.78, 5) is 0. The van der Waals surface area contributed by atoms with E-state index in [4.69, 9.17) is 0 Å². The van der Waals surface area contributed by atoms with Gasteiger partial charge in [-0.2, -0.15) is 0 Å². The summed E-state index contributed by atoms with van der Waals surface area (Å²) >= 11 is 2.00. The van der Waals surface area contributed by atoms with Crippen molar-refractivity contribution in [3.63, 3.8) is 0 Å². The van der Waals surface area contributed by atoms with Gasteiger partial charge in [-0.3, -0.25) is 0 Å². The Hall–Kier alpha value is -0.183. The molecule has 0 nitrogen and oxygen atoms in total. The van der Waals surface area contributed by atoms with Gasteiger partial charge in [0.1, 0.15) is 0 Å². The van der Waals surface area contributed by atoms with Gasteiger partial charge in [0.2, 0.25) is 0 Å². The predicted molar refractivity (Wildman–Crippen MR) is 55.8 cm³/mol. The van der Waals surface area contributed by atoms with Crippen molar-refractivity contribution in [2.75, 3.05) is 0 Å². The minimum absolute atomic E-state index is 1.27. The van der Waals surface area contributed by atoms with Crippen LogP contribution in [0.25, 0.3) is 0 Å². The molecule has 0 aromatic heterocycles. The second-order valence-electron chi connectivity index (χ2n) is 2.89. The molecule has 0 bridgehead atoms. The SMILES string of the molecule is Cc1[c]c(C)c(C)cc1C.[Li][CH3]. The summed E-state index contributed by atoms with van der Waals surface area (Å²) < 4.78 is 0. The summed E-state index contributed by atoms with van der Waals surface area (Å²) in [5, 5.41) is 0. The van der Waals surface area contributed by atoms with Crippen LogP contribution in [-0.4, -0.2) is 17.7 Å². The van der Waals surface area contributed by atoms with Gasteiger partial charge in [-0.15, -0.1) is 0 Å². The molecule has 0 heterocycles. The zero-order chi connectivity index (χ0) is 9.72. The van der Waals surface area contributed by atoms with E-state index in [1.54, 1.807) is 0 Å². The van der Waals surface area contributed by atoms with Crippen LogP contribution in [0.2, 0.25) is 5.60 Å². The van der Waals surface area contributed by atoms with Gasteiger partial charge < -0.3 is 0 Å². The van der Waals surface area contributed by atoms with Crippen molar-refractivity contribution in [2.24, 2.45) is 0 Å². The maximum atomic E-state index is 3.31. The van der Waals surface area contributed by atoms with Crippen LogP contribution < -0.4 is 0 Å². The molecule has 12 heavy (non-hydrogen) atoms. The van der Waals surface area contributed by atoms with E-state index in [0.717, 1.165) is 0 Å². The molecule has 0 aliphatic rings. The van der Waals surface area contributed by atoms with Crippen LogP contribution in [-0.2, 0) is 0 Å². The standard InChI is InChI=1S/C10H13.CH3.Li/c1-7-5-9(3)10(4)6-8(7)2;;/h5H,1-4H3;1H3;. The van der Waals surface area contributed by atoms with Gasteiger partial charge >= 0.3 is 23.3 Å². The summed E-state index contributed by atoms with van der Waals surface area (Å²) in [6.07, 6.45) is 0. The van der Waals surface area contributed by atoms with E-state index in [9.17, 15) is 0 Å². The molecule has 0 amide bonds. The molecule has 1 aromatic rings. The van der Waals surface area contributed by atoms with Crippen LogP contribution >= 0.6 is 0 Å². The van der Waals surface area contributed by atoms with Crippen molar-refractivity contribution in [3.8, 4) is 0 Å². The molecule has 0 unspecified atom stereocenters. The summed E-state index contributed by atoms with van der Waals surface area (Å²) in [5.41, 5.74) is 7.21. The van der Waals surface area contributed by atoms with Crippen LogP contribution in [0.15, 0.2) is 6.07 Å². The molecule has 1 radical (unpaired) electrons. The van der Waals surface area contributed by atoms with Crippen molar-refractivity contribution in [1.82, 2.24) is 0 Å². The van der Waals surface area contributed by atoms with E-state index in [0.29, 0.717) is 0 Å². The molecule has 61 valence electrons. The van der Waals surface area contributed by atoms with Gasteiger partial charge in [-0.05, 0) is 56.0 Å². The van der Waals surface area contributed by atoms with Crippen LogP contribution in [0.4, 0.5) is 0 Å². The Morgan fingerprint density at radius 2 is 1.25 bits per heavy atom. The van der Waals surface area contributed by atoms with E-state index in [1.165, 1.54) is 22.3 Å². The average Bonchev–Trinajstić information content (AvgIpc) is 2.05. The molecule has 0 saturated carbocycles. The van der Waals surface area contributed by atoms with Crippen molar-refractivity contribution < 1.29 is 0 Å². The van der Waals surface area contributed by atoms with Gasteiger partial charge in [0, 0.05) is 0 Å². The molecule has 1 heteroatoms. The van der Waals surface area contributed by atoms with Crippen LogP contribution in [0, 0.1) is 33.8 Å². The van der Waals surface area contributed by atoms with Gasteiger partial charge in [-0.25, -0.2) is 0 Å². The molecule has 1 rings (SSSR count).